The zero-order valence-electron chi connectivity index (χ0n) is 14.6. The summed E-state index contributed by atoms with van der Waals surface area (Å²) < 4.78 is 34.5. The van der Waals surface area contributed by atoms with Crippen LogP contribution in [0.5, 0.6) is 0 Å². The number of hydrogen-bond donors (Lipinski definition) is 2. The van der Waals surface area contributed by atoms with E-state index >= 15 is 0 Å². The number of hydrogen-bond acceptors (Lipinski definition) is 4. The van der Waals surface area contributed by atoms with Gasteiger partial charge >= 0.3 is 6.09 Å². The number of rotatable bonds is 3. The van der Waals surface area contributed by atoms with Crippen LogP contribution in [0, 0.1) is 18.6 Å². The molecule has 0 bridgehead atoms. The number of nitrogens with zero attached hydrogens (tertiary/aromatic N) is 2. The molecule has 3 aromatic rings. The second-order valence-corrected chi connectivity index (χ2v) is 6.96. The number of nitrogens with one attached hydrogen (secondary N) is 1. The maximum absolute atomic E-state index is 14.9. The van der Waals surface area contributed by atoms with Crippen molar-refractivity contribution >= 4 is 17.7 Å². The fourth-order valence-electron chi connectivity index (χ4n) is 3.59. The lowest BCUT2D eigenvalue weighted by molar-refractivity contribution is 0.189. The summed E-state index contributed by atoms with van der Waals surface area (Å²) in [5, 5.41) is 15.2. The first kappa shape index (κ1) is 18.4. The van der Waals surface area contributed by atoms with E-state index in [9.17, 15) is 13.6 Å². The summed E-state index contributed by atoms with van der Waals surface area (Å²) in [6.45, 7) is 1.58. The Bertz CT molecular complexity index is 1100. The standard InChI is InChI=1S/C19H14ClF2N3O3/c1-8-23-18(25-28-8)17-12(6-11(20)7-14(17)22)10-4-9-2-3-15(24-19(26)27)16(9)13(21)5-10/h4-7,15,24H,2-3H2,1H3,(H,26,27). The van der Waals surface area contributed by atoms with Crippen LogP contribution in [0.15, 0.2) is 28.8 Å². The van der Waals surface area contributed by atoms with E-state index in [-0.39, 0.29) is 22.3 Å². The van der Waals surface area contributed by atoms with Crippen LogP contribution in [0.25, 0.3) is 22.5 Å². The van der Waals surface area contributed by atoms with E-state index in [2.05, 4.69) is 15.5 Å². The van der Waals surface area contributed by atoms with Crippen molar-refractivity contribution in [1.29, 1.82) is 0 Å². The van der Waals surface area contributed by atoms with Crippen molar-refractivity contribution < 1.29 is 23.2 Å². The Morgan fingerprint density at radius 1 is 1.29 bits per heavy atom. The van der Waals surface area contributed by atoms with Gasteiger partial charge in [0.1, 0.15) is 11.6 Å². The molecule has 1 aliphatic carbocycles. The summed E-state index contributed by atoms with van der Waals surface area (Å²) in [7, 11) is 0. The summed E-state index contributed by atoms with van der Waals surface area (Å²) in [4.78, 5) is 15.0. The quantitative estimate of drug-likeness (QED) is 0.647. The van der Waals surface area contributed by atoms with Crippen LogP contribution in [0.4, 0.5) is 13.6 Å². The Hall–Kier alpha value is -3.00. The molecule has 2 aromatic carbocycles. The second-order valence-electron chi connectivity index (χ2n) is 6.52. The van der Waals surface area contributed by atoms with Crippen LogP contribution in [-0.2, 0) is 6.42 Å². The predicted octanol–water partition coefficient (Wildman–Crippen LogP) is 4.90. The van der Waals surface area contributed by atoms with Gasteiger partial charge < -0.3 is 14.9 Å². The Morgan fingerprint density at radius 3 is 2.75 bits per heavy atom. The molecule has 1 unspecified atom stereocenters. The fourth-order valence-corrected chi connectivity index (χ4v) is 3.80. The molecule has 1 amide bonds. The summed E-state index contributed by atoms with van der Waals surface area (Å²) in [5.74, 6) is -0.931. The third-order valence-corrected chi connectivity index (χ3v) is 4.90. The van der Waals surface area contributed by atoms with Crippen LogP contribution >= 0.6 is 11.6 Å². The van der Waals surface area contributed by atoms with Gasteiger partial charge in [-0.05, 0) is 47.7 Å². The third kappa shape index (κ3) is 3.20. The van der Waals surface area contributed by atoms with Crippen LogP contribution in [0.2, 0.25) is 5.02 Å². The van der Waals surface area contributed by atoms with Crippen molar-refractivity contribution in [2.45, 2.75) is 25.8 Å². The fraction of sp³-hybridized carbons (Fsp3) is 0.211. The largest absolute Gasteiger partial charge is 0.465 e. The first-order chi connectivity index (χ1) is 13.3. The summed E-state index contributed by atoms with van der Waals surface area (Å²) in [6.07, 6.45) is -0.277. The number of benzene rings is 2. The van der Waals surface area contributed by atoms with Gasteiger partial charge in [0.05, 0.1) is 11.6 Å². The maximum atomic E-state index is 14.9. The minimum Gasteiger partial charge on any atom is -0.465 e. The first-order valence-electron chi connectivity index (χ1n) is 8.45. The van der Waals surface area contributed by atoms with Crippen molar-refractivity contribution in [3.8, 4) is 22.5 Å². The van der Waals surface area contributed by atoms with Gasteiger partial charge in [-0.2, -0.15) is 4.98 Å². The average molecular weight is 406 g/mol. The normalized spacial score (nSPS) is 15.5. The van der Waals surface area contributed by atoms with E-state index < -0.39 is 23.8 Å². The van der Waals surface area contributed by atoms with E-state index in [0.717, 1.165) is 6.07 Å². The van der Waals surface area contributed by atoms with Gasteiger partial charge in [0.25, 0.3) is 0 Å². The zero-order valence-corrected chi connectivity index (χ0v) is 15.3. The van der Waals surface area contributed by atoms with E-state index in [1.807, 2.05) is 0 Å². The highest BCUT2D eigenvalue weighted by Crippen LogP contribution is 2.40. The van der Waals surface area contributed by atoms with Crippen LogP contribution in [-0.4, -0.2) is 21.3 Å². The Morgan fingerprint density at radius 2 is 2.07 bits per heavy atom. The molecule has 0 spiro atoms. The molecule has 2 N–H and O–H groups in total. The molecule has 4 rings (SSSR count). The molecule has 0 saturated carbocycles. The minimum atomic E-state index is -1.21. The summed E-state index contributed by atoms with van der Waals surface area (Å²) in [5.41, 5.74) is 1.74. The Kier molecular flexibility index (Phi) is 4.50. The molecule has 0 saturated heterocycles. The SMILES string of the molecule is Cc1nc(-c2c(F)cc(Cl)cc2-c2cc(F)c3c(c2)CCC3NC(=O)O)no1. The van der Waals surface area contributed by atoms with Crippen molar-refractivity contribution in [3.05, 3.63) is 57.9 Å². The molecule has 144 valence electrons. The maximum Gasteiger partial charge on any atom is 0.405 e. The number of aromatic nitrogens is 2. The number of amides is 1. The molecule has 1 heterocycles. The van der Waals surface area contributed by atoms with E-state index in [0.29, 0.717) is 35.1 Å². The molecule has 0 radical (unpaired) electrons. The average Bonchev–Trinajstić information content (AvgIpc) is 3.20. The van der Waals surface area contributed by atoms with Gasteiger partial charge in [-0.15, -0.1) is 0 Å². The van der Waals surface area contributed by atoms with Crippen molar-refractivity contribution in [3.63, 3.8) is 0 Å². The molecule has 1 aromatic heterocycles. The zero-order chi connectivity index (χ0) is 20.0. The lowest BCUT2D eigenvalue weighted by Gasteiger charge is -2.15. The van der Waals surface area contributed by atoms with Gasteiger partial charge in [-0.25, -0.2) is 13.6 Å². The smallest absolute Gasteiger partial charge is 0.405 e. The van der Waals surface area contributed by atoms with Crippen molar-refractivity contribution in [2.24, 2.45) is 0 Å². The summed E-state index contributed by atoms with van der Waals surface area (Å²) in [6, 6.07) is 4.97. The third-order valence-electron chi connectivity index (χ3n) is 4.68. The number of carbonyl (C=O) groups is 1. The molecular formula is C19H14ClF2N3O3. The highest BCUT2D eigenvalue weighted by Gasteiger charge is 2.29. The molecular weight excluding hydrogens is 392 g/mol. The van der Waals surface area contributed by atoms with Gasteiger partial charge in [-0.1, -0.05) is 22.8 Å². The monoisotopic (exact) mass is 405 g/mol. The van der Waals surface area contributed by atoms with Crippen LogP contribution in [0.1, 0.15) is 29.5 Å². The van der Waals surface area contributed by atoms with Gasteiger partial charge in [0.15, 0.2) is 0 Å². The molecule has 1 aliphatic rings. The minimum absolute atomic E-state index is 0.0352. The molecule has 0 fully saturated rings. The van der Waals surface area contributed by atoms with Crippen molar-refractivity contribution in [1.82, 2.24) is 15.5 Å². The predicted molar refractivity (Wildman–Crippen MR) is 97.1 cm³/mol. The number of aryl methyl sites for hydroxylation is 2. The van der Waals surface area contributed by atoms with Crippen LogP contribution < -0.4 is 5.32 Å². The topological polar surface area (TPSA) is 88.2 Å². The highest BCUT2D eigenvalue weighted by molar-refractivity contribution is 6.31. The highest BCUT2D eigenvalue weighted by atomic mass is 35.5. The van der Waals surface area contributed by atoms with Gasteiger partial charge in [0.2, 0.25) is 11.7 Å². The lowest BCUT2D eigenvalue weighted by atomic mass is 9.95. The summed E-state index contributed by atoms with van der Waals surface area (Å²) >= 11 is 6.03. The van der Waals surface area contributed by atoms with E-state index in [1.54, 1.807) is 13.0 Å². The number of halogens is 3. The molecule has 1 atom stereocenters. The lowest BCUT2D eigenvalue weighted by Crippen LogP contribution is -2.25. The number of fused-ring (bicyclic) bond motifs is 1. The molecule has 28 heavy (non-hydrogen) atoms. The molecule has 9 heteroatoms. The van der Waals surface area contributed by atoms with E-state index in [1.165, 1.54) is 12.1 Å². The Balaban J connectivity index is 1.87. The Labute approximate surface area is 163 Å². The van der Waals surface area contributed by atoms with Gasteiger partial charge in [0, 0.05) is 17.5 Å². The van der Waals surface area contributed by atoms with Crippen LogP contribution in [0.3, 0.4) is 0 Å². The molecule has 6 nitrogen and oxygen atoms in total. The first-order valence-corrected chi connectivity index (χ1v) is 8.83. The molecule has 0 aliphatic heterocycles. The second kappa shape index (κ2) is 6.87. The number of carboxylic acid groups (broad SMARTS) is 1. The van der Waals surface area contributed by atoms with E-state index in [4.69, 9.17) is 21.2 Å². The van der Waals surface area contributed by atoms with Crippen molar-refractivity contribution in [2.75, 3.05) is 0 Å². The van der Waals surface area contributed by atoms with Gasteiger partial charge in [-0.3, -0.25) is 0 Å².